The minimum atomic E-state index is -0.416. The quantitative estimate of drug-likeness (QED) is 0.260. The van der Waals surface area contributed by atoms with Crippen molar-refractivity contribution in [1.82, 2.24) is 4.68 Å². The molecule has 0 spiro atoms. The first-order valence-corrected chi connectivity index (χ1v) is 9.45. The maximum absolute atomic E-state index is 10.9. The van der Waals surface area contributed by atoms with Crippen LogP contribution in [0.2, 0.25) is 0 Å². The van der Waals surface area contributed by atoms with Crippen LogP contribution in [-0.4, -0.2) is 21.9 Å². The third kappa shape index (κ3) is 4.34. The Labute approximate surface area is 166 Å². The van der Waals surface area contributed by atoms with Crippen LogP contribution < -0.4 is 4.80 Å². The first kappa shape index (κ1) is 19.5. The number of hydrogen-bond donors (Lipinski definition) is 0. The van der Waals surface area contributed by atoms with Crippen molar-refractivity contribution in [3.05, 3.63) is 80.4 Å². The number of nitro benzene ring substituents is 1. The Balaban J connectivity index is 2.11. The van der Waals surface area contributed by atoms with Gasteiger partial charge in [-0.25, -0.2) is 4.68 Å². The van der Waals surface area contributed by atoms with Gasteiger partial charge in [0.1, 0.15) is 17.2 Å². The van der Waals surface area contributed by atoms with Crippen LogP contribution in [0.3, 0.4) is 0 Å². The molecule has 0 saturated carbocycles. The van der Waals surface area contributed by atoms with E-state index in [-0.39, 0.29) is 5.69 Å². The molecule has 0 amide bonds. The van der Waals surface area contributed by atoms with Crippen molar-refractivity contribution in [1.29, 1.82) is 0 Å². The highest BCUT2D eigenvalue weighted by molar-refractivity contribution is 7.07. The van der Waals surface area contributed by atoms with E-state index in [9.17, 15) is 10.1 Å². The van der Waals surface area contributed by atoms with E-state index < -0.39 is 4.92 Å². The second-order valence-electron chi connectivity index (χ2n) is 6.39. The summed E-state index contributed by atoms with van der Waals surface area (Å²) in [6.07, 6.45) is 0. The fourth-order valence-electron chi connectivity index (χ4n) is 2.49. The molecule has 0 bridgehead atoms. The van der Waals surface area contributed by atoms with Crippen molar-refractivity contribution >= 4 is 22.7 Å². The number of nitro groups is 1. The van der Waals surface area contributed by atoms with E-state index in [2.05, 4.69) is 11.6 Å². The van der Waals surface area contributed by atoms with Crippen molar-refractivity contribution in [2.24, 2.45) is 10.1 Å². The molecular weight excluding hydrogens is 376 g/mol. The summed E-state index contributed by atoms with van der Waals surface area (Å²) in [6, 6.07) is 10.1. The maximum Gasteiger partial charge on any atom is 0.269 e. The van der Waals surface area contributed by atoms with Crippen LogP contribution >= 0.6 is 11.3 Å². The lowest BCUT2D eigenvalue weighted by Gasteiger charge is -2.05. The third-order valence-corrected chi connectivity index (χ3v) is 4.74. The number of furan rings is 1. The summed E-state index contributed by atoms with van der Waals surface area (Å²) in [5.74, 6) is 1.49. The second-order valence-corrected chi connectivity index (χ2v) is 7.22. The van der Waals surface area contributed by atoms with E-state index in [0.29, 0.717) is 22.8 Å². The Hall–Kier alpha value is -3.26. The minimum absolute atomic E-state index is 0.0449. The molecule has 2 aromatic heterocycles. The molecule has 0 aliphatic heterocycles. The van der Waals surface area contributed by atoms with E-state index in [4.69, 9.17) is 9.52 Å². The maximum atomic E-state index is 10.9. The zero-order valence-corrected chi connectivity index (χ0v) is 16.7. The number of rotatable bonds is 6. The van der Waals surface area contributed by atoms with Gasteiger partial charge in [0.15, 0.2) is 0 Å². The average Bonchev–Trinajstić information content (AvgIpc) is 3.26. The molecule has 0 aliphatic rings. The molecule has 3 rings (SSSR count). The molecule has 8 heteroatoms. The molecule has 0 N–H and O–H groups in total. The summed E-state index contributed by atoms with van der Waals surface area (Å²) in [7, 11) is 0. The fraction of sp³-hybridized carbons (Fsp3) is 0.200. The number of non-ortho nitro benzene ring substituents is 1. The molecule has 0 radical (unpaired) electrons. The molecule has 0 unspecified atom stereocenters. The van der Waals surface area contributed by atoms with Crippen LogP contribution in [0, 0.1) is 17.0 Å². The Bertz CT molecular complexity index is 1120. The van der Waals surface area contributed by atoms with Gasteiger partial charge in [-0.15, -0.1) is 11.3 Å². The standard InChI is InChI=1S/C20H20N4O3S/c1-13(2)11-21-20-23(22-15(4)19-10-5-14(3)27-19)18(12-28-20)16-6-8-17(9-7-16)24(25)26/h5-10,12H,1,11H2,2-4H3. The number of hydrogen-bond acceptors (Lipinski definition) is 6. The third-order valence-electron chi connectivity index (χ3n) is 3.89. The van der Waals surface area contributed by atoms with Crippen molar-refractivity contribution < 1.29 is 9.34 Å². The van der Waals surface area contributed by atoms with Crippen molar-refractivity contribution in [2.45, 2.75) is 20.8 Å². The highest BCUT2D eigenvalue weighted by Crippen LogP contribution is 2.23. The number of aryl methyl sites for hydroxylation is 1. The Morgan fingerprint density at radius 2 is 1.96 bits per heavy atom. The van der Waals surface area contributed by atoms with Gasteiger partial charge >= 0.3 is 0 Å². The van der Waals surface area contributed by atoms with Crippen molar-refractivity contribution in [3.8, 4) is 11.3 Å². The summed E-state index contributed by atoms with van der Waals surface area (Å²) >= 11 is 1.45. The Kier molecular flexibility index (Phi) is 5.70. The van der Waals surface area contributed by atoms with Crippen molar-refractivity contribution in [3.63, 3.8) is 0 Å². The summed E-state index contributed by atoms with van der Waals surface area (Å²) in [4.78, 5) is 15.8. The van der Waals surface area contributed by atoms with Gasteiger partial charge in [-0.2, -0.15) is 5.10 Å². The van der Waals surface area contributed by atoms with Gasteiger partial charge in [-0.05, 0) is 45.0 Å². The molecule has 0 fully saturated rings. The molecule has 0 atom stereocenters. The average molecular weight is 396 g/mol. The van der Waals surface area contributed by atoms with Gasteiger partial charge in [0, 0.05) is 23.1 Å². The molecule has 0 saturated heterocycles. The van der Waals surface area contributed by atoms with Crippen LogP contribution in [0.15, 0.2) is 68.4 Å². The highest BCUT2D eigenvalue weighted by Gasteiger charge is 2.12. The van der Waals surface area contributed by atoms with Gasteiger partial charge in [-0.3, -0.25) is 15.1 Å². The predicted octanol–water partition coefficient (Wildman–Crippen LogP) is 4.78. The lowest BCUT2D eigenvalue weighted by Crippen LogP contribution is -2.14. The summed E-state index contributed by atoms with van der Waals surface area (Å²) in [5, 5.41) is 17.6. The minimum Gasteiger partial charge on any atom is -0.460 e. The van der Waals surface area contributed by atoms with Gasteiger partial charge in [0.05, 0.1) is 17.2 Å². The van der Waals surface area contributed by atoms with Gasteiger partial charge in [0.2, 0.25) is 4.80 Å². The number of benzene rings is 1. The van der Waals surface area contributed by atoms with Crippen LogP contribution in [0.4, 0.5) is 5.69 Å². The largest absolute Gasteiger partial charge is 0.460 e. The number of aromatic nitrogens is 1. The zero-order chi connectivity index (χ0) is 20.3. The van der Waals surface area contributed by atoms with Gasteiger partial charge in [-0.1, -0.05) is 12.2 Å². The SMILES string of the molecule is C=C(C)CN=c1scc(-c2ccc([N+](=O)[O-])cc2)n1N=C(C)c1ccc(C)o1. The molecule has 7 nitrogen and oxygen atoms in total. The molecule has 28 heavy (non-hydrogen) atoms. The van der Waals surface area contributed by atoms with Crippen LogP contribution in [-0.2, 0) is 0 Å². The normalized spacial score (nSPS) is 12.4. The topological polar surface area (TPSA) is 85.9 Å². The fourth-order valence-corrected chi connectivity index (χ4v) is 3.32. The van der Waals surface area contributed by atoms with E-state index in [0.717, 1.165) is 22.6 Å². The molecular formula is C20H20N4O3S. The molecule has 144 valence electrons. The van der Waals surface area contributed by atoms with E-state index >= 15 is 0 Å². The lowest BCUT2D eigenvalue weighted by atomic mass is 10.1. The number of nitrogens with zero attached hydrogens (tertiary/aromatic N) is 4. The number of thiazole rings is 1. The van der Waals surface area contributed by atoms with Crippen LogP contribution in [0.25, 0.3) is 11.3 Å². The first-order chi connectivity index (χ1) is 13.3. The van der Waals surface area contributed by atoms with E-state index in [1.165, 1.54) is 23.5 Å². The van der Waals surface area contributed by atoms with E-state index in [1.54, 1.807) is 16.8 Å². The second kappa shape index (κ2) is 8.18. The van der Waals surface area contributed by atoms with E-state index in [1.807, 2.05) is 38.3 Å². The monoisotopic (exact) mass is 396 g/mol. The summed E-state index contributed by atoms with van der Waals surface area (Å²) < 4.78 is 7.40. The summed E-state index contributed by atoms with van der Waals surface area (Å²) in [6.45, 7) is 10.0. The van der Waals surface area contributed by atoms with Crippen LogP contribution in [0.1, 0.15) is 25.4 Å². The van der Waals surface area contributed by atoms with Gasteiger partial charge in [0.25, 0.3) is 5.69 Å². The smallest absolute Gasteiger partial charge is 0.269 e. The Morgan fingerprint density at radius 1 is 1.25 bits per heavy atom. The molecule has 3 aromatic rings. The lowest BCUT2D eigenvalue weighted by molar-refractivity contribution is -0.384. The predicted molar refractivity (Wildman–Crippen MR) is 111 cm³/mol. The highest BCUT2D eigenvalue weighted by atomic mass is 32.1. The summed E-state index contributed by atoms with van der Waals surface area (Å²) in [5.41, 5.74) is 3.29. The van der Waals surface area contributed by atoms with Crippen LogP contribution in [0.5, 0.6) is 0 Å². The van der Waals surface area contributed by atoms with Gasteiger partial charge < -0.3 is 4.42 Å². The van der Waals surface area contributed by atoms with Crippen molar-refractivity contribution in [2.75, 3.05) is 6.54 Å². The molecule has 0 aliphatic carbocycles. The first-order valence-electron chi connectivity index (χ1n) is 8.58. The molecule has 1 aromatic carbocycles. The Morgan fingerprint density at radius 3 is 2.54 bits per heavy atom. The zero-order valence-electron chi connectivity index (χ0n) is 15.9. The molecule has 2 heterocycles.